The third kappa shape index (κ3) is 4.23. The lowest BCUT2D eigenvalue weighted by Gasteiger charge is -2.32. The smallest absolute Gasteiger partial charge is 0.213 e. The lowest BCUT2D eigenvalue weighted by Crippen LogP contribution is -2.42. The zero-order chi connectivity index (χ0) is 20.4. The molecule has 1 aliphatic rings. The molecular weight excluding hydrogens is 391 g/mol. The van der Waals surface area contributed by atoms with Gasteiger partial charge in [-0.3, -0.25) is 9.97 Å². The monoisotopic (exact) mass is 414 g/mol. The van der Waals surface area contributed by atoms with Crippen LogP contribution in [0.25, 0.3) is 21.9 Å². The van der Waals surface area contributed by atoms with Gasteiger partial charge in [0.2, 0.25) is 10.0 Å². The summed E-state index contributed by atoms with van der Waals surface area (Å²) >= 11 is 0. The van der Waals surface area contributed by atoms with Gasteiger partial charge in [-0.25, -0.2) is 17.1 Å². The lowest BCUT2D eigenvalue weighted by atomic mass is 10.00. The first-order chi connectivity index (χ1) is 14.0. The van der Waals surface area contributed by atoms with E-state index >= 15 is 0 Å². The Morgan fingerprint density at radius 2 is 1.90 bits per heavy atom. The van der Waals surface area contributed by atoms with Crippen LogP contribution < -0.4 is 5.32 Å². The van der Waals surface area contributed by atoms with E-state index in [0.717, 1.165) is 34.9 Å². The van der Waals surface area contributed by atoms with Crippen molar-refractivity contribution in [1.29, 1.82) is 0 Å². The Balaban J connectivity index is 1.62. The topological polar surface area (TPSA) is 75.2 Å². The Kier molecular flexibility index (Phi) is 5.47. The van der Waals surface area contributed by atoms with Gasteiger partial charge in [0.15, 0.2) is 0 Å². The molecule has 0 atom stereocenters. The molecule has 2 aromatic heterocycles. The van der Waals surface area contributed by atoms with Gasteiger partial charge in [-0.1, -0.05) is 0 Å². The van der Waals surface area contributed by atoms with Crippen LogP contribution in [0.2, 0.25) is 0 Å². The molecule has 0 spiro atoms. The summed E-state index contributed by atoms with van der Waals surface area (Å²) in [6.07, 6.45) is 7.82. The standard InChI is InChI=1S/C21H23FN4O2S/c1-2-29(27,28)26-7-4-19(5-8-26)25-21-11-16(17-10-18(22)13-24-12-17)9-15-3-6-23-14-20(15)21/h3,6,9-14,19,25H,2,4-5,7-8H2,1H3. The van der Waals surface area contributed by atoms with E-state index in [-0.39, 0.29) is 17.6 Å². The van der Waals surface area contributed by atoms with Crippen molar-refractivity contribution >= 4 is 26.5 Å². The largest absolute Gasteiger partial charge is 0.382 e. The molecule has 0 aliphatic carbocycles. The Labute approximate surface area is 169 Å². The van der Waals surface area contributed by atoms with E-state index in [2.05, 4.69) is 15.3 Å². The molecule has 3 heterocycles. The summed E-state index contributed by atoms with van der Waals surface area (Å²) < 4.78 is 39.4. The number of hydrogen-bond acceptors (Lipinski definition) is 5. The summed E-state index contributed by atoms with van der Waals surface area (Å²) in [6.45, 7) is 2.70. The summed E-state index contributed by atoms with van der Waals surface area (Å²) in [5.74, 6) is -0.248. The third-order valence-corrected chi connectivity index (χ3v) is 7.25. The molecule has 6 nitrogen and oxygen atoms in total. The van der Waals surface area contributed by atoms with Crippen molar-refractivity contribution in [3.8, 4) is 11.1 Å². The molecule has 0 unspecified atom stereocenters. The fraction of sp³-hybridized carbons (Fsp3) is 0.333. The van der Waals surface area contributed by atoms with Crippen LogP contribution in [-0.2, 0) is 10.0 Å². The van der Waals surface area contributed by atoms with Gasteiger partial charge in [0, 0.05) is 54.4 Å². The maximum absolute atomic E-state index is 13.7. The summed E-state index contributed by atoms with van der Waals surface area (Å²) in [7, 11) is -3.15. The third-order valence-electron chi connectivity index (χ3n) is 5.37. The fourth-order valence-electron chi connectivity index (χ4n) is 3.74. The number of piperidine rings is 1. The molecule has 0 bridgehead atoms. The zero-order valence-electron chi connectivity index (χ0n) is 16.2. The van der Waals surface area contributed by atoms with Crippen LogP contribution in [0.5, 0.6) is 0 Å². The molecule has 1 fully saturated rings. The molecule has 3 aromatic rings. The SMILES string of the molecule is CCS(=O)(=O)N1CCC(Nc2cc(-c3cncc(F)c3)cc3ccncc23)CC1. The number of anilines is 1. The molecular formula is C21H23FN4O2S. The second kappa shape index (κ2) is 8.04. The van der Waals surface area contributed by atoms with Crippen LogP contribution in [-0.4, -0.2) is 47.6 Å². The molecule has 8 heteroatoms. The number of hydrogen-bond donors (Lipinski definition) is 1. The van der Waals surface area contributed by atoms with Gasteiger partial charge in [-0.15, -0.1) is 0 Å². The van der Waals surface area contributed by atoms with Crippen molar-refractivity contribution in [3.63, 3.8) is 0 Å². The van der Waals surface area contributed by atoms with Gasteiger partial charge in [-0.2, -0.15) is 0 Å². The average molecular weight is 415 g/mol. The van der Waals surface area contributed by atoms with E-state index in [1.54, 1.807) is 23.6 Å². The Morgan fingerprint density at radius 1 is 1.10 bits per heavy atom. The van der Waals surface area contributed by atoms with Crippen LogP contribution in [0.4, 0.5) is 10.1 Å². The number of rotatable bonds is 5. The molecule has 0 amide bonds. The van der Waals surface area contributed by atoms with E-state index in [4.69, 9.17) is 0 Å². The highest BCUT2D eigenvalue weighted by molar-refractivity contribution is 7.89. The Morgan fingerprint density at radius 3 is 2.62 bits per heavy atom. The van der Waals surface area contributed by atoms with Gasteiger partial charge in [0.25, 0.3) is 0 Å². The number of nitrogens with one attached hydrogen (secondary N) is 1. The molecule has 1 aliphatic heterocycles. The zero-order valence-corrected chi connectivity index (χ0v) is 17.0. The minimum atomic E-state index is -3.15. The Hall–Kier alpha value is -2.58. The molecule has 0 radical (unpaired) electrons. The first kappa shape index (κ1) is 19.7. The van der Waals surface area contributed by atoms with Crippen molar-refractivity contribution in [2.24, 2.45) is 0 Å². The highest BCUT2D eigenvalue weighted by atomic mass is 32.2. The summed E-state index contributed by atoms with van der Waals surface area (Å²) in [5.41, 5.74) is 2.48. The fourth-order valence-corrected chi connectivity index (χ4v) is 4.87. The summed E-state index contributed by atoms with van der Waals surface area (Å²) in [5, 5.41) is 5.53. The first-order valence-electron chi connectivity index (χ1n) is 9.69. The van der Waals surface area contributed by atoms with Gasteiger partial charge >= 0.3 is 0 Å². The molecule has 0 saturated carbocycles. The van der Waals surface area contributed by atoms with Crippen LogP contribution in [0, 0.1) is 5.82 Å². The van der Waals surface area contributed by atoms with E-state index in [0.29, 0.717) is 18.7 Å². The Bertz CT molecular complexity index is 1130. The summed E-state index contributed by atoms with van der Waals surface area (Å²) in [4.78, 5) is 8.19. The predicted molar refractivity (Wildman–Crippen MR) is 113 cm³/mol. The number of benzene rings is 1. The van der Waals surface area contributed by atoms with Crippen LogP contribution >= 0.6 is 0 Å². The number of nitrogens with zero attached hydrogens (tertiary/aromatic N) is 3. The van der Waals surface area contributed by atoms with Crippen molar-refractivity contribution in [1.82, 2.24) is 14.3 Å². The maximum atomic E-state index is 13.7. The first-order valence-corrected chi connectivity index (χ1v) is 11.3. The molecule has 4 rings (SSSR count). The minimum Gasteiger partial charge on any atom is -0.382 e. The second-order valence-electron chi connectivity index (χ2n) is 7.23. The maximum Gasteiger partial charge on any atom is 0.213 e. The lowest BCUT2D eigenvalue weighted by molar-refractivity contribution is 0.330. The minimum absolute atomic E-state index is 0.130. The van der Waals surface area contributed by atoms with Crippen molar-refractivity contribution in [3.05, 3.63) is 54.9 Å². The van der Waals surface area contributed by atoms with Crippen LogP contribution in [0.15, 0.2) is 49.1 Å². The van der Waals surface area contributed by atoms with Crippen molar-refractivity contribution in [2.45, 2.75) is 25.8 Å². The average Bonchev–Trinajstić information content (AvgIpc) is 2.74. The number of halogens is 1. The molecule has 1 aromatic carbocycles. The van der Waals surface area contributed by atoms with Gasteiger partial charge in [0.1, 0.15) is 5.82 Å². The predicted octanol–water partition coefficient (Wildman–Crippen LogP) is 3.66. The van der Waals surface area contributed by atoms with Crippen molar-refractivity contribution in [2.75, 3.05) is 24.2 Å². The van der Waals surface area contributed by atoms with Gasteiger partial charge < -0.3 is 5.32 Å². The summed E-state index contributed by atoms with van der Waals surface area (Å²) in [6, 6.07) is 7.52. The van der Waals surface area contributed by atoms with Gasteiger partial charge in [-0.05, 0) is 55.0 Å². The molecule has 152 valence electrons. The number of sulfonamides is 1. The van der Waals surface area contributed by atoms with E-state index in [9.17, 15) is 12.8 Å². The molecule has 29 heavy (non-hydrogen) atoms. The van der Waals surface area contributed by atoms with Crippen LogP contribution in [0.3, 0.4) is 0 Å². The quantitative estimate of drug-likeness (QED) is 0.690. The highest BCUT2D eigenvalue weighted by Gasteiger charge is 2.26. The number of aromatic nitrogens is 2. The normalized spacial score (nSPS) is 16.2. The van der Waals surface area contributed by atoms with Crippen LogP contribution in [0.1, 0.15) is 19.8 Å². The van der Waals surface area contributed by atoms with Gasteiger partial charge in [0.05, 0.1) is 11.9 Å². The van der Waals surface area contributed by atoms with E-state index in [1.165, 1.54) is 12.3 Å². The highest BCUT2D eigenvalue weighted by Crippen LogP contribution is 2.32. The molecule has 1 saturated heterocycles. The number of fused-ring (bicyclic) bond motifs is 1. The van der Waals surface area contributed by atoms with E-state index < -0.39 is 10.0 Å². The second-order valence-corrected chi connectivity index (χ2v) is 9.49. The number of pyridine rings is 2. The van der Waals surface area contributed by atoms with E-state index in [1.807, 2.05) is 24.4 Å². The van der Waals surface area contributed by atoms with Crippen molar-refractivity contribution < 1.29 is 12.8 Å². The molecule has 1 N–H and O–H groups in total.